The van der Waals surface area contributed by atoms with Crippen LogP contribution in [-0.4, -0.2) is 24.0 Å². The predicted molar refractivity (Wildman–Crippen MR) is 108 cm³/mol. The predicted octanol–water partition coefficient (Wildman–Crippen LogP) is 4.02. The van der Waals surface area contributed by atoms with E-state index < -0.39 is 11.7 Å². The highest BCUT2D eigenvalue weighted by Gasteiger charge is 2.29. The third-order valence-electron chi connectivity index (χ3n) is 3.44. The molecule has 0 spiro atoms. The molecule has 0 saturated carbocycles. The normalized spacial score (nSPS) is 11.6. The number of alkyl halides is 3. The van der Waals surface area contributed by atoms with E-state index in [9.17, 15) is 13.2 Å². The number of nitrogens with zero attached hydrogens (tertiary/aromatic N) is 2. The van der Waals surface area contributed by atoms with Crippen molar-refractivity contribution in [1.29, 1.82) is 0 Å². The van der Waals surface area contributed by atoms with Crippen LogP contribution in [0.2, 0.25) is 0 Å². The molecule has 142 valence electrons. The van der Waals surface area contributed by atoms with Crippen LogP contribution in [-0.2, 0) is 19.1 Å². The minimum absolute atomic E-state index is 0. The summed E-state index contributed by atoms with van der Waals surface area (Å²) in [4.78, 5) is 8.65. The topological polar surface area (TPSA) is 49.3 Å². The van der Waals surface area contributed by atoms with E-state index in [1.165, 1.54) is 12.1 Å². The fraction of sp³-hybridized carbons (Fsp3) is 0.333. The molecule has 1 aromatic carbocycles. The molecule has 0 atom stereocenters. The van der Waals surface area contributed by atoms with E-state index >= 15 is 0 Å². The lowest BCUT2D eigenvalue weighted by molar-refractivity contribution is -0.137. The number of halogens is 4. The van der Waals surface area contributed by atoms with Gasteiger partial charge in [0, 0.05) is 31.4 Å². The Morgan fingerprint density at radius 2 is 1.81 bits per heavy atom. The van der Waals surface area contributed by atoms with Gasteiger partial charge in [0.2, 0.25) is 0 Å². The lowest BCUT2D eigenvalue weighted by Gasteiger charge is -2.11. The van der Waals surface area contributed by atoms with Crippen molar-refractivity contribution in [2.24, 2.45) is 4.99 Å². The van der Waals surface area contributed by atoms with Gasteiger partial charge in [0.15, 0.2) is 5.96 Å². The van der Waals surface area contributed by atoms with Gasteiger partial charge in [-0.25, -0.2) is 4.99 Å². The lowest BCUT2D eigenvalue weighted by atomic mass is 10.1. The summed E-state index contributed by atoms with van der Waals surface area (Å²) in [5, 5.41) is 6.31. The number of guanidine groups is 1. The first-order chi connectivity index (χ1) is 12.0. The molecule has 0 unspecified atom stereocenters. The molecule has 2 rings (SSSR count). The molecule has 4 nitrogen and oxygen atoms in total. The van der Waals surface area contributed by atoms with Gasteiger partial charge in [0.1, 0.15) is 0 Å². The summed E-state index contributed by atoms with van der Waals surface area (Å²) >= 11 is 0. The summed E-state index contributed by atoms with van der Waals surface area (Å²) in [5.74, 6) is 0.623. The molecule has 0 radical (unpaired) electrons. The van der Waals surface area contributed by atoms with Crippen LogP contribution < -0.4 is 10.6 Å². The van der Waals surface area contributed by atoms with Gasteiger partial charge >= 0.3 is 6.18 Å². The number of rotatable bonds is 6. The van der Waals surface area contributed by atoms with Crippen molar-refractivity contribution >= 4 is 29.9 Å². The van der Waals surface area contributed by atoms with Crippen LogP contribution in [0.4, 0.5) is 13.2 Å². The Hall–Kier alpha value is -1.84. The molecular formula is C18H22F3IN4. The van der Waals surface area contributed by atoms with Gasteiger partial charge in [-0.3, -0.25) is 4.98 Å². The molecule has 0 bridgehead atoms. The molecule has 8 heteroatoms. The van der Waals surface area contributed by atoms with E-state index in [1.54, 1.807) is 6.20 Å². The van der Waals surface area contributed by atoms with E-state index in [-0.39, 0.29) is 24.0 Å². The molecule has 26 heavy (non-hydrogen) atoms. The first-order valence-corrected chi connectivity index (χ1v) is 8.07. The zero-order valence-electron chi connectivity index (χ0n) is 14.4. The number of hydrogen-bond acceptors (Lipinski definition) is 2. The monoisotopic (exact) mass is 478 g/mol. The summed E-state index contributed by atoms with van der Waals surface area (Å²) in [6.07, 6.45) is -1.81. The van der Waals surface area contributed by atoms with Gasteiger partial charge in [0.25, 0.3) is 0 Å². The Morgan fingerprint density at radius 3 is 2.38 bits per heavy atom. The largest absolute Gasteiger partial charge is 0.416 e. The second-order valence-electron chi connectivity index (χ2n) is 5.39. The average molecular weight is 478 g/mol. The van der Waals surface area contributed by atoms with Crippen LogP contribution in [0.3, 0.4) is 0 Å². The summed E-state index contributed by atoms with van der Waals surface area (Å²) < 4.78 is 37.7. The van der Waals surface area contributed by atoms with Gasteiger partial charge < -0.3 is 10.6 Å². The first kappa shape index (κ1) is 22.2. The molecule has 0 aliphatic carbocycles. The van der Waals surface area contributed by atoms with Crippen molar-refractivity contribution in [2.75, 3.05) is 13.1 Å². The first-order valence-electron chi connectivity index (χ1n) is 8.07. The fourth-order valence-electron chi connectivity index (χ4n) is 2.17. The Kier molecular flexibility index (Phi) is 9.39. The summed E-state index contributed by atoms with van der Waals surface area (Å²) in [7, 11) is 0. The van der Waals surface area contributed by atoms with Crippen LogP contribution >= 0.6 is 24.0 Å². The van der Waals surface area contributed by atoms with Crippen molar-refractivity contribution in [3.63, 3.8) is 0 Å². The Labute approximate surface area is 168 Å². The Balaban J connectivity index is 0.00000338. The van der Waals surface area contributed by atoms with E-state index in [1.807, 2.05) is 25.1 Å². The number of hydrogen-bond donors (Lipinski definition) is 2. The van der Waals surface area contributed by atoms with Crippen LogP contribution in [0.1, 0.15) is 23.7 Å². The Morgan fingerprint density at radius 1 is 1.08 bits per heavy atom. The van der Waals surface area contributed by atoms with Crippen molar-refractivity contribution in [2.45, 2.75) is 26.1 Å². The smallest absolute Gasteiger partial charge is 0.357 e. The number of benzene rings is 1. The van der Waals surface area contributed by atoms with E-state index in [4.69, 9.17) is 0 Å². The van der Waals surface area contributed by atoms with E-state index in [0.29, 0.717) is 25.6 Å². The molecule has 0 aliphatic heterocycles. The van der Waals surface area contributed by atoms with Crippen LogP contribution in [0.5, 0.6) is 0 Å². The van der Waals surface area contributed by atoms with Crippen molar-refractivity contribution in [3.05, 3.63) is 65.5 Å². The molecule has 1 aromatic heterocycles. The third-order valence-corrected chi connectivity index (χ3v) is 3.44. The molecule has 1 heterocycles. The third kappa shape index (κ3) is 7.59. The van der Waals surface area contributed by atoms with Crippen LogP contribution in [0, 0.1) is 0 Å². The zero-order valence-corrected chi connectivity index (χ0v) is 16.7. The maximum atomic E-state index is 12.6. The quantitative estimate of drug-likeness (QED) is 0.375. The van der Waals surface area contributed by atoms with Crippen molar-refractivity contribution in [1.82, 2.24) is 15.6 Å². The second-order valence-corrected chi connectivity index (χ2v) is 5.39. The Bertz CT molecular complexity index is 673. The van der Waals surface area contributed by atoms with Gasteiger partial charge in [0.05, 0.1) is 12.1 Å². The minimum atomic E-state index is -4.32. The average Bonchev–Trinajstić information content (AvgIpc) is 2.60. The number of nitrogens with one attached hydrogen (secondary N) is 2. The van der Waals surface area contributed by atoms with E-state index in [2.05, 4.69) is 20.6 Å². The maximum Gasteiger partial charge on any atom is 0.416 e. The molecule has 2 aromatic rings. The molecule has 2 N–H and O–H groups in total. The van der Waals surface area contributed by atoms with Crippen molar-refractivity contribution < 1.29 is 13.2 Å². The highest BCUT2D eigenvalue weighted by Crippen LogP contribution is 2.29. The molecule has 0 aliphatic rings. The fourth-order valence-corrected chi connectivity index (χ4v) is 2.17. The summed E-state index contributed by atoms with van der Waals surface area (Å²) in [6, 6.07) is 10.8. The molecule has 0 amide bonds. The summed E-state index contributed by atoms with van der Waals surface area (Å²) in [6.45, 7) is 3.61. The van der Waals surface area contributed by atoms with Crippen LogP contribution in [0.15, 0.2) is 53.7 Å². The van der Waals surface area contributed by atoms with E-state index in [0.717, 1.165) is 29.8 Å². The van der Waals surface area contributed by atoms with Crippen molar-refractivity contribution in [3.8, 4) is 0 Å². The molecule has 0 saturated heterocycles. The standard InChI is InChI=1S/C18H21F3N4.HI/c1-2-22-17(24-12-10-16-5-3-4-11-23-16)25-13-14-6-8-15(9-7-14)18(19,20)21;/h3-9,11H,2,10,12-13H2,1H3,(H2,22,24,25);1H. The van der Waals surface area contributed by atoms with Gasteiger partial charge in [-0.05, 0) is 36.8 Å². The number of pyridine rings is 1. The summed E-state index contributed by atoms with van der Waals surface area (Å²) in [5.41, 5.74) is 1.05. The number of aromatic nitrogens is 1. The molecular weight excluding hydrogens is 456 g/mol. The van der Waals surface area contributed by atoms with Gasteiger partial charge in [-0.2, -0.15) is 13.2 Å². The zero-order chi connectivity index (χ0) is 18.1. The molecule has 0 fully saturated rings. The number of aliphatic imine (C=N–C) groups is 1. The lowest BCUT2D eigenvalue weighted by Crippen LogP contribution is -2.38. The maximum absolute atomic E-state index is 12.6. The highest BCUT2D eigenvalue weighted by atomic mass is 127. The highest BCUT2D eigenvalue weighted by molar-refractivity contribution is 14.0. The second kappa shape index (κ2) is 11.0. The van der Waals surface area contributed by atoms with Gasteiger partial charge in [-0.15, -0.1) is 24.0 Å². The SMILES string of the molecule is CCNC(=NCc1ccc(C(F)(F)F)cc1)NCCc1ccccn1.I. The van der Waals surface area contributed by atoms with Gasteiger partial charge in [-0.1, -0.05) is 18.2 Å². The van der Waals surface area contributed by atoms with Crippen LogP contribution in [0.25, 0.3) is 0 Å². The minimum Gasteiger partial charge on any atom is -0.357 e.